The molecule has 3 aromatic carbocycles. The molecule has 0 aliphatic carbocycles. The summed E-state index contributed by atoms with van der Waals surface area (Å²) in [7, 11) is 1.54. The number of anilines is 2. The van der Waals surface area contributed by atoms with E-state index in [0.717, 1.165) is 0 Å². The number of benzene rings is 3. The van der Waals surface area contributed by atoms with Crippen molar-refractivity contribution in [2.75, 3.05) is 30.5 Å². The minimum Gasteiger partial charge on any atom is -0.497 e. The fraction of sp³-hybridized carbons (Fsp3) is 0.192. The third kappa shape index (κ3) is 5.72. The first-order chi connectivity index (χ1) is 16.5. The van der Waals surface area contributed by atoms with E-state index in [1.54, 1.807) is 55.6 Å². The number of hydrogen-bond acceptors (Lipinski definition) is 6. The fourth-order valence-electron chi connectivity index (χ4n) is 3.58. The van der Waals surface area contributed by atoms with Gasteiger partial charge in [-0.15, -0.1) is 0 Å². The van der Waals surface area contributed by atoms with Crippen LogP contribution < -0.4 is 19.7 Å². The highest BCUT2D eigenvalue weighted by Crippen LogP contribution is 2.28. The zero-order valence-corrected chi connectivity index (χ0v) is 18.6. The van der Waals surface area contributed by atoms with Crippen molar-refractivity contribution < 1.29 is 28.6 Å². The van der Waals surface area contributed by atoms with E-state index in [2.05, 4.69) is 5.32 Å². The zero-order valence-electron chi connectivity index (χ0n) is 18.6. The van der Waals surface area contributed by atoms with Crippen LogP contribution in [0.15, 0.2) is 78.9 Å². The Labute approximate surface area is 197 Å². The molecule has 4 rings (SSSR count). The molecule has 0 radical (unpaired) electrons. The largest absolute Gasteiger partial charge is 0.497 e. The molecule has 1 atom stereocenters. The molecule has 1 fully saturated rings. The highest BCUT2D eigenvalue weighted by atomic mass is 16.5. The van der Waals surface area contributed by atoms with Crippen molar-refractivity contribution >= 4 is 29.2 Å². The topological polar surface area (TPSA) is 94.2 Å². The Morgan fingerprint density at radius 1 is 0.941 bits per heavy atom. The second kappa shape index (κ2) is 10.5. The van der Waals surface area contributed by atoms with E-state index >= 15 is 0 Å². The number of nitrogens with one attached hydrogen (secondary N) is 1. The van der Waals surface area contributed by atoms with Gasteiger partial charge in [-0.3, -0.25) is 14.4 Å². The molecular weight excluding hydrogens is 436 g/mol. The van der Waals surface area contributed by atoms with Gasteiger partial charge in [0.25, 0.3) is 5.91 Å². The summed E-state index contributed by atoms with van der Waals surface area (Å²) in [5, 5.41) is 2.67. The lowest BCUT2D eigenvalue weighted by atomic mass is 10.1. The molecule has 0 spiro atoms. The van der Waals surface area contributed by atoms with E-state index in [-0.39, 0.29) is 18.9 Å². The Morgan fingerprint density at radius 3 is 2.38 bits per heavy atom. The maximum absolute atomic E-state index is 12.4. The molecule has 0 aromatic heterocycles. The van der Waals surface area contributed by atoms with Crippen molar-refractivity contribution in [1.29, 1.82) is 0 Å². The van der Waals surface area contributed by atoms with Crippen molar-refractivity contribution in [1.82, 2.24) is 0 Å². The molecule has 174 valence electrons. The summed E-state index contributed by atoms with van der Waals surface area (Å²) in [5.41, 5.74) is 1.19. The summed E-state index contributed by atoms with van der Waals surface area (Å²) in [4.78, 5) is 38.6. The first-order valence-electron chi connectivity index (χ1n) is 10.8. The number of esters is 1. The van der Waals surface area contributed by atoms with Crippen LogP contribution in [-0.4, -0.2) is 38.0 Å². The van der Waals surface area contributed by atoms with Gasteiger partial charge < -0.3 is 24.4 Å². The normalized spacial score (nSPS) is 15.0. The summed E-state index contributed by atoms with van der Waals surface area (Å²) in [6, 6.07) is 23.3. The van der Waals surface area contributed by atoms with Gasteiger partial charge in [0.05, 0.1) is 13.0 Å². The van der Waals surface area contributed by atoms with Crippen LogP contribution in [-0.2, 0) is 19.1 Å². The van der Waals surface area contributed by atoms with Gasteiger partial charge >= 0.3 is 5.97 Å². The van der Waals surface area contributed by atoms with Gasteiger partial charge in [-0.05, 0) is 48.5 Å². The smallest absolute Gasteiger partial charge is 0.311 e. The van der Waals surface area contributed by atoms with E-state index in [1.165, 1.54) is 4.90 Å². The second-order valence-electron chi connectivity index (χ2n) is 7.70. The third-order valence-electron chi connectivity index (χ3n) is 5.29. The lowest BCUT2D eigenvalue weighted by Gasteiger charge is -2.17. The fourth-order valence-corrected chi connectivity index (χ4v) is 3.58. The zero-order chi connectivity index (χ0) is 23.9. The number of hydrogen-bond donors (Lipinski definition) is 1. The molecule has 1 heterocycles. The predicted molar refractivity (Wildman–Crippen MR) is 126 cm³/mol. The van der Waals surface area contributed by atoms with Crippen LogP contribution in [0.2, 0.25) is 0 Å². The van der Waals surface area contributed by atoms with Crippen molar-refractivity contribution in [3.63, 3.8) is 0 Å². The Balaban J connectivity index is 1.25. The molecule has 8 nitrogen and oxygen atoms in total. The van der Waals surface area contributed by atoms with Gasteiger partial charge in [0, 0.05) is 30.4 Å². The summed E-state index contributed by atoms with van der Waals surface area (Å²) < 4.78 is 16.1. The van der Waals surface area contributed by atoms with Crippen LogP contribution in [0.5, 0.6) is 17.2 Å². The van der Waals surface area contributed by atoms with E-state index < -0.39 is 24.4 Å². The summed E-state index contributed by atoms with van der Waals surface area (Å²) in [6.45, 7) is -0.250. The maximum Gasteiger partial charge on any atom is 0.311 e. The SMILES string of the molecule is COc1cccc(N2C[C@H](C(=O)OCC(=O)Nc3ccc(Oc4ccccc4)cc3)CC2=O)c1. The van der Waals surface area contributed by atoms with Gasteiger partial charge in [-0.1, -0.05) is 24.3 Å². The number of carbonyl (C=O) groups is 3. The van der Waals surface area contributed by atoms with Gasteiger partial charge in [0.2, 0.25) is 5.91 Å². The molecule has 0 bridgehead atoms. The molecule has 0 unspecified atom stereocenters. The van der Waals surface area contributed by atoms with Gasteiger partial charge in [0.1, 0.15) is 17.2 Å². The number of amides is 2. The monoisotopic (exact) mass is 460 g/mol. The molecule has 1 aliphatic heterocycles. The molecule has 1 saturated heterocycles. The molecule has 8 heteroatoms. The number of nitrogens with zero attached hydrogens (tertiary/aromatic N) is 1. The Kier molecular flexibility index (Phi) is 7.07. The highest BCUT2D eigenvalue weighted by Gasteiger charge is 2.36. The standard InChI is InChI=1S/C26H24N2O6/c1-32-23-9-5-6-20(15-23)28-16-18(14-25(28)30)26(31)33-17-24(29)27-19-10-12-22(13-11-19)34-21-7-3-2-4-8-21/h2-13,15,18H,14,16-17H2,1H3,(H,27,29)/t18-/m1/s1. The Morgan fingerprint density at radius 2 is 1.65 bits per heavy atom. The number of carbonyl (C=O) groups excluding carboxylic acids is 3. The first-order valence-corrected chi connectivity index (χ1v) is 10.8. The van der Waals surface area contributed by atoms with Gasteiger partial charge in [0.15, 0.2) is 6.61 Å². The lowest BCUT2D eigenvalue weighted by Crippen LogP contribution is -2.28. The minimum atomic E-state index is -0.638. The van der Waals surface area contributed by atoms with E-state index in [4.69, 9.17) is 14.2 Å². The quantitative estimate of drug-likeness (QED) is 0.510. The van der Waals surface area contributed by atoms with Crippen LogP contribution in [0, 0.1) is 5.92 Å². The van der Waals surface area contributed by atoms with Gasteiger partial charge in [-0.25, -0.2) is 0 Å². The van der Waals surface area contributed by atoms with Crippen LogP contribution in [0.1, 0.15) is 6.42 Å². The van der Waals surface area contributed by atoms with Gasteiger partial charge in [-0.2, -0.15) is 0 Å². The number of methoxy groups -OCH3 is 1. The van der Waals surface area contributed by atoms with Crippen LogP contribution >= 0.6 is 0 Å². The second-order valence-corrected chi connectivity index (χ2v) is 7.70. The first kappa shape index (κ1) is 22.8. The van der Waals surface area contributed by atoms with Crippen LogP contribution in [0.3, 0.4) is 0 Å². The van der Waals surface area contributed by atoms with E-state index in [1.807, 2.05) is 30.3 Å². The maximum atomic E-state index is 12.4. The molecule has 3 aromatic rings. The van der Waals surface area contributed by atoms with E-state index in [0.29, 0.717) is 28.6 Å². The molecule has 34 heavy (non-hydrogen) atoms. The lowest BCUT2D eigenvalue weighted by molar-refractivity contribution is -0.151. The Hall–Kier alpha value is -4.33. The van der Waals surface area contributed by atoms with Crippen LogP contribution in [0.25, 0.3) is 0 Å². The van der Waals surface area contributed by atoms with Crippen LogP contribution in [0.4, 0.5) is 11.4 Å². The predicted octanol–water partition coefficient (Wildman–Crippen LogP) is 4.02. The summed E-state index contributed by atoms with van der Waals surface area (Å²) in [5.74, 6) is 0.0780. The average Bonchev–Trinajstić information content (AvgIpc) is 3.26. The molecule has 2 amide bonds. The minimum absolute atomic E-state index is 0.0283. The Bertz CT molecular complexity index is 1160. The number of rotatable bonds is 8. The third-order valence-corrected chi connectivity index (χ3v) is 5.29. The number of para-hydroxylation sites is 1. The van der Waals surface area contributed by atoms with E-state index in [9.17, 15) is 14.4 Å². The molecule has 1 N–H and O–H groups in total. The molecule has 0 saturated carbocycles. The summed E-state index contributed by atoms with van der Waals surface area (Å²) in [6.07, 6.45) is 0.0283. The molecule has 1 aliphatic rings. The van der Waals surface area contributed by atoms with Crippen molar-refractivity contribution in [2.24, 2.45) is 5.92 Å². The number of ether oxygens (including phenoxy) is 3. The summed E-state index contributed by atoms with van der Waals surface area (Å²) >= 11 is 0. The van der Waals surface area contributed by atoms with Crippen molar-refractivity contribution in [2.45, 2.75) is 6.42 Å². The van der Waals surface area contributed by atoms with Crippen molar-refractivity contribution in [3.8, 4) is 17.2 Å². The average molecular weight is 460 g/mol. The highest BCUT2D eigenvalue weighted by molar-refractivity contribution is 6.00. The van der Waals surface area contributed by atoms with Crippen molar-refractivity contribution in [3.05, 3.63) is 78.9 Å². The molecular formula is C26H24N2O6.